The Balaban J connectivity index is 1.38. The number of nitriles is 2. The van der Waals surface area contributed by atoms with Crippen LogP contribution in [0.4, 0.5) is 15.8 Å². The highest BCUT2D eigenvalue weighted by Gasteiger charge is 2.47. The van der Waals surface area contributed by atoms with Gasteiger partial charge in [-0.1, -0.05) is 11.6 Å². The van der Waals surface area contributed by atoms with E-state index in [1.807, 2.05) is 21.9 Å². The van der Waals surface area contributed by atoms with Gasteiger partial charge in [0.25, 0.3) is 5.91 Å². The summed E-state index contributed by atoms with van der Waals surface area (Å²) in [6, 6.07) is 9.77. The van der Waals surface area contributed by atoms with Gasteiger partial charge in [-0.15, -0.1) is 0 Å². The number of nitrogens with zero attached hydrogens (tertiary/aromatic N) is 5. The van der Waals surface area contributed by atoms with E-state index < -0.39 is 17.3 Å². The fourth-order valence-electron chi connectivity index (χ4n) is 4.37. The maximum Gasteiger partial charge on any atom is 0.257 e. The Hall–Kier alpha value is -3.24. The maximum atomic E-state index is 14.4. The molecule has 1 aromatic carbocycles. The third kappa shape index (κ3) is 4.11. The number of fused-ring (bicyclic) bond motifs is 2. The lowest BCUT2D eigenvalue weighted by Gasteiger charge is -2.58. The second-order valence-corrected chi connectivity index (χ2v) is 8.72. The standard InChI is InChI=1S/C22H20ClFN6O2/c1-22(32,21(31)28-14-5-17(23)19(8-26)27-9-14)12-29-10-15-6-16(11-29)30(15)20-3-2-13(7-25)4-18(20)24/h2-5,9,15-16,32H,6,10-12H2,1H3,(H,28,31). The quantitative estimate of drug-likeness (QED) is 0.711. The first kappa shape index (κ1) is 22.0. The van der Waals surface area contributed by atoms with E-state index in [0.717, 1.165) is 6.42 Å². The minimum Gasteiger partial charge on any atom is -0.379 e. The number of rotatable bonds is 5. The fraction of sp³-hybridized carbons (Fsp3) is 0.364. The summed E-state index contributed by atoms with van der Waals surface area (Å²) in [6.07, 6.45) is 2.21. The second-order valence-electron chi connectivity index (χ2n) is 8.32. The van der Waals surface area contributed by atoms with Crippen LogP contribution in [0.5, 0.6) is 0 Å². The number of hydrogen-bond acceptors (Lipinski definition) is 7. The van der Waals surface area contributed by atoms with Crippen molar-refractivity contribution in [3.8, 4) is 12.1 Å². The highest BCUT2D eigenvalue weighted by Crippen LogP contribution is 2.38. The van der Waals surface area contributed by atoms with E-state index in [2.05, 4.69) is 10.3 Å². The van der Waals surface area contributed by atoms with E-state index in [-0.39, 0.29) is 40.6 Å². The number of pyridine rings is 1. The summed E-state index contributed by atoms with van der Waals surface area (Å²) in [5.41, 5.74) is -0.608. The number of benzene rings is 1. The highest BCUT2D eigenvalue weighted by atomic mass is 35.5. The van der Waals surface area contributed by atoms with Gasteiger partial charge in [-0.2, -0.15) is 10.5 Å². The highest BCUT2D eigenvalue weighted by molar-refractivity contribution is 6.31. The number of hydrogen-bond donors (Lipinski definition) is 2. The van der Waals surface area contributed by atoms with Gasteiger partial charge in [0.15, 0.2) is 11.3 Å². The molecule has 2 aromatic rings. The zero-order chi connectivity index (χ0) is 23.0. The van der Waals surface area contributed by atoms with Gasteiger partial charge in [-0.3, -0.25) is 9.69 Å². The first-order chi connectivity index (χ1) is 15.2. The molecule has 2 N–H and O–H groups in total. The average molecular weight is 455 g/mol. The molecule has 0 spiro atoms. The molecule has 1 aromatic heterocycles. The van der Waals surface area contributed by atoms with Crippen LogP contribution >= 0.6 is 11.6 Å². The van der Waals surface area contributed by atoms with Crippen LogP contribution in [0.1, 0.15) is 24.6 Å². The summed E-state index contributed by atoms with van der Waals surface area (Å²) in [7, 11) is 0. The van der Waals surface area contributed by atoms with Crippen molar-refractivity contribution in [2.75, 3.05) is 29.9 Å². The number of carbonyl (C=O) groups excluding carboxylic acids is 1. The fourth-order valence-corrected chi connectivity index (χ4v) is 4.58. The molecule has 32 heavy (non-hydrogen) atoms. The van der Waals surface area contributed by atoms with Crippen molar-refractivity contribution in [1.82, 2.24) is 9.88 Å². The summed E-state index contributed by atoms with van der Waals surface area (Å²) >= 11 is 5.94. The molecule has 3 aliphatic heterocycles. The first-order valence-electron chi connectivity index (χ1n) is 10.0. The number of piperidine rings is 1. The molecule has 8 nitrogen and oxygen atoms in total. The lowest BCUT2D eigenvalue weighted by Crippen LogP contribution is -2.70. The molecule has 5 rings (SSSR count). The van der Waals surface area contributed by atoms with Crippen LogP contribution in [0, 0.1) is 28.5 Å². The predicted octanol–water partition coefficient (Wildman–Crippen LogP) is 2.27. The molecule has 0 aliphatic carbocycles. The van der Waals surface area contributed by atoms with Gasteiger partial charge in [0.1, 0.15) is 11.9 Å². The average Bonchev–Trinajstić information content (AvgIpc) is 2.74. The number of anilines is 2. The Kier molecular flexibility index (Phi) is 5.74. The van der Waals surface area contributed by atoms with E-state index in [1.54, 1.807) is 12.1 Å². The SMILES string of the molecule is CC(O)(CN1CC2CC(C1)N2c1ccc(C#N)cc1F)C(=O)Nc1cnc(C#N)c(Cl)c1. The van der Waals surface area contributed by atoms with Crippen LogP contribution in [0.15, 0.2) is 30.5 Å². The Morgan fingerprint density at radius 1 is 1.34 bits per heavy atom. The third-order valence-electron chi connectivity index (χ3n) is 5.85. The normalized spacial score (nSPS) is 21.6. The molecule has 3 saturated heterocycles. The van der Waals surface area contributed by atoms with E-state index in [9.17, 15) is 14.3 Å². The van der Waals surface area contributed by atoms with E-state index in [1.165, 1.54) is 25.3 Å². The number of amides is 1. The van der Waals surface area contributed by atoms with Gasteiger partial charge in [0, 0.05) is 31.7 Å². The second kappa shape index (κ2) is 8.36. The van der Waals surface area contributed by atoms with E-state index >= 15 is 0 Å². The van der Waals surface area contributed by atoms with Crippen molar-refractivity contribution >= 4 is 28.9 Å². The predicted molar refractivity (Wildman–Crippen MR) is 115 cm³/mol. The van der Waals surface area contributed by atoms with Gasteiger partial charge < -0.3 is 15.3 Å². The lowest BCUT2D eigenvalue weighted by molar-refractivity contribution is -0.135. The maximum absolute atomic E-state index is 14.4. The molecule has 164 valence electrons. The Morgan fingerprint density at radius 3 is 2.66 bits per heavy atom. The molecular weight excluding hydrogens is 435 g/mol. The smallest absolute Gasteiger partial charge is 0.257 e. The molecule has 3 aliphatic rings. The number of aliphatic hydroxyl groups is 1. The molecule has 3 atom stereocenters. The number of carbonyl (C=O) groups is 1. The molecule has 0 radical (unpaired) electrons. The van der Waals surface area contributed by atoms with Crippen LogP contribution in [0.25, 0.3) is 0 Å². The van der Waals surface area contributed by atoms with Crippen molar-refractivity contribution < 1.29 is 14.3 Å². The first-order valence-corrected chi connectivity index (χ1v) is 10.4. The summed E-state index contributed by atoms with van der Waals surface area (Å²) in [4.78, 5) is 20.5. The summed E-state index contributed by atoms with van der Waals surface area (Å²) < 4.78 is 14.4. The number of halogens is 2. The number of piperazine rings is 1. The number of nitrogens with one attached hydrogen (secondary N) is 1. The Bertz CT molecular complexity index is 1150. The monoisotopic (exact) mass is 454 g/mol. The topological polar surface area (TPSA) is 116 Å². The van der Waals surface area contributed by atoms with Gasteiger partial charge in [0.05, 0.1) is 34.2 Å². The minimum atomic E-state index is -1.69. The molecule has 10 heteroatoms. The van der Waals surface area contributed by atoms with Crippen LogP contribution in [0.3, 0.4) is 0 Å². The molecule has 4 heterocycles. The molecule has 2 bridgehead atoms. The van der Waals surface area contributed by atoms with E-state index in [0.29, 0.717) is 18.8 Å². The summed E-state index contributed by atoms with van der Waals surface area (Å²) in [6.45, 7) is 2.68. The van der Waals surface area contributed by atoms with Gasteiger partial charge >= 0.3 is 0 Å². The molecule has 3 unspecified atom stereocenters. The molecular formula is C22H20ClFN6O2. The zero-order valence-corrected chi connectivity index (χ0v) is 18.0. The van der Waals surface area contributed by atoms with E-state index in [4.69, 9.17) is 22.1 Å². The van der Waals surface area contributed by atoms with Crippen molar-refractivity contribution in [1.29, 1.82) is 10.5 Å². The molecule has 3 fully saturated rings. The van der Waals surface area contributed by atoms with Crippen molar-refractivity contribution in [3.63, 3.8) is 0 Å². The summed E-state index contributed by atoms with van der Waals surface area (Å²) in [5.74, 6) is -1.04. The third-order valence-corrected chi connectivity index (χ3v) is 6.14. The molecule has 1 amide bonds. The minimum absolute atomic E-state index is 0.0484. The Morgan fingerprint density at radius 2 is 2.06 bits per heavy atom. The van der Waals surface area contributed by atoms with Gasteiger partial charge in [-0.05, 0) is 37.6 Å². The number of aromatic nitrogens is 1. The summed E-state index contributed by atoms with van der Waals surface area (Å²) in [5, 5.41) is 31.3. The Labute approximate surface area is 189 Å². The van der Waals surface area contributed by atoms with Crippen LogP contribution in [0.2, 0.25) is 5.02 Å². The van der Waals surface area contributed by atoms with Gasteiger partial charge in [-0.25, -0.2) is 9.37 Å². The van der Waals surface area contributed by atoms with Crippen molar-refractivity contribution in [2.24, 2.45) is 0 Å². The van der Waals surface area contributed by atoms with Crippen molar-refractivity contribution in [3.05, 3.63) is 52.6 Å². The lowest BCUT2D eigenvalue weighted by atomic mass is 9.85. The largest absolute Gasteiger partial charge is 0.379 e. The molecule has 0 saturated carbocycles. The van der Waals surface area contributed by atoms with Crippen LogP contribution in [-0.4, -0.2) is 58.2 Å². The van der Waals surface area contributed by atoms with Crippen LogP contribution in [-0.2, 0) is 4.79 Å². The van der Waals surface area contributed by atoms with Gasteiger partial charge in [0.2, 0.25) is 0 Å². The van der Waals surface area contributed by atoms with Crippen molar-refractivity contribution in [2.45, 2.75) is 31.0 Å². The zero-order valence-electron chi connectivity index (χ0n) is 17.2. The van der Waals surface area contributed by atoms with Crippen LogP contribution < -0.4 is 10.2 Å².